The average Bonchev–Trinajstić information content (AvgIpc) is 2.16. The van der Waals surface area contributed by atoms with E-state index < -0.39 is 0 Å². The maximum absolute atomic E-state index is 8.78. The minimum atomic E-state index is -0.122. The molecule has 0 radical (unpaired) electrons. The highest BCUT2D eigenvalue weighted by Crippen LogP contribution is 2.26. The third-order valence-corrected chi connectivity index (χ3v) is 1.86. The average molecular weight is 176 g/mol. The topological polar surface area (TPSA) is 59.0 Å². The zero-order valence-corrected chi connectivity index (χ0v) is 7.74. The molecule has 13 heavy (non-hydrogen) atoms. The van der Waals surface area contributed by atoms with Gasteiger partial charge in [-0.25, -0.2) is 0 Å². The molecule has 1 rings (SSSR count). The quantitative estimate of drug-likeness (QED) is 0.744. The summed E-state index contributed by atoms with van der Waals surface area (Å²) in [7, 11) is 1.54. The van der Waals surface area contributed by atoms with Gasteiger partial charge in [-0.05, 0) is 13.0 Å². The van der Waals surface area contributed by atoms with Gasteiger partial charge >= 0.3 is 0 Å². The van der Waals surface area contributed by atoms with Crippen LogP contribution in [0, 0.1) is 11.3 Å². The second-order valence-electron chi connectivity index (χ2n) is 2.83. The number of benzene rings is 1. The Labute approximate surface area is 77.7 Å². The highest BCUT2D eigenvalue weighted by atomic mass is 16.5. The van der Waals surface area contributed by atoms with Gasteiger partial charge in [0.1, 0.15) is 11.8 Å². The largest absolute Gasteiger partial charge is 0.495 e. The number of para-hydroxylation sites is 1. The van der Waals surface area contributed by atoms with E-state index in [-0.39, 0.29) is 6.04 Å². The minimum Gasteiger partial charge on any atom is -0.495 e. The van der Waals surface area contributed by atoms with Crippen molar-refractivity contribution in [1.82, 2.24) is 0 Å². The smallest absolute Gasteiger partial charge is 0.141 e. The number of rotatable bonds is 2. The Kier molecular flexibility index (Phi) is 2.88. The Balaban J connectivity index is 3.29. The fraction of sp³-hybridized carbons (Fsp3) is 0.300. The van der Waals surface area contributed by atoms with Gasteiger partial charge in [0.05, 0.1) is 12.7 Å². The predicted molar refractivity (Wildman–Crippen MR) is 50.3 cm³/mol. The van der Waals surface area contributed by atoms with Crippen LogP contribution in [0.2, 0.25) is 0 Å². The molecule has 1 unspecified atom stereocenters. The molecule has 0 saturated carbocycles. The highest BCUT2D eigenvalue weighted by molar-refractivity contribution is 5.49. The van der Waals surface area contributed by atoms with Crippen molar-refractivity contribution in [3.8, 4) is 11.8 Å². The molecule has 1 aromatic carbocycles. The van der Waals surface area contributed by atoms with Crippen LogP contribution in [0.15, 0.2) is 18.2 Å². The normalized spacial score (nSPS) is 11.8. The van der Waals surface area contributed by atoms with E-state index in [1.54, 1.807) is 19.2 Å². The molecule has 0 fully saturated rings. The summed E-state index contributed by atoms with van der Waals surface area (Å²) in [5, 5.41) is 8.78. The first-order valence-corrected chi connectivity index (χ1v) is 4.03. The lowest BCUT2D eigenvalue weighted by Gasteiger charge is -2.12. The molecular weight excluding hydrogens is 164 g/mol. The van der Waals surface area contributed by atoms with E-state index in [2.05, 4.69) is 6.07 Å². The van der Waals surface area contributed by atoms with Crippen molar-refractivity contribution in [1.29, 1.82) is 5.26 Å². The summed E-state index contributed by atoms with van der Waals surface area (Å²) in [5.41, 5.74) is 7.11. The summed E-state index contributed by atoms with van der Waals surface area (Å²) in [6, 6.07) is 7.32. The fourth-order valence-corrected chi connectivity index (χ4v) is 1.23. The van der Waals surface area contributed by atoms with Crippen LogP contribution >= 0.6 is 0 Å². The van der Waals surface area contributed by atoms with Gasteiger partial charge in [-0.15, -0.1) is 0 Å². The molecule has 0 aliphatic rings. The Hall–Kier alpha value is -1.53. The second kappa shape index (κ2) is 3.92. The van der Waals surface area contributed by atoms with E-state index in [0.29, 0.717) is 11.3 Å². The van der Waals surface area contributed by atoms with E-state index in [1.807, 2.05) is 13.0 Å². The second-order valence-corrected chi connectivity index (χ2v) is 2.83. The molecule has 1 atom stereocenters. The van der Waals surface area contributed by atoms with E-state index in [0.717, 1.165) is 5.56 Å². The highest BCUT2D eigenvalue weighted by Gasteiger charge is 2.10. The van der Waals surface area contributed by atoms with Crippen LogP contribution < -0.4 is 10.5 Å². The van der Waals surface area contributed by atoms with Crippen LogP contribution in [-0.4, -0.2) is 7.11 Å². The molecule has 0 saturated heterocycles. The lowest BCUT2D eigenvalue weighted by atomic mass is 10.0. The summed E-state index contributed by atoms with van der Waals surface area (Å²) in [6.45, 7) is 1.86. The monoisotopic (exact) mass is 176 g/mol. The molecule has 3 heteroatoms. The summed E-state index contributed by atoms with van der Waals surface area (Å²) >= 11 is 0. The number of hydrogen-bond acceptors (Lipinski definition) is 3. The molecule has 0 heterocycles. The predicted octanol–water partition coefficient (Wildman–Crippen LogP) is 1.59. The van der Waals surface area contributed by atoms with Crippen molar-refractivity contribution < 1.29 is 4.74 Å². The van der Waals surface area contributed by atoms with Crippen LogP contribution in [0.25, 0.3) is 0 Å². The molecular formula is C10H12N2O. The molecule has 2 N–H and O–H groups in total. The number of nitriles is 1. The Bertz CT molecular complexity index is 339. The van der Waals surface area contributed by atoms with Crippen molar-refractivity contribution in [2.75, 3.05) is 7.11 Å². The molecule has 0 spiro atoms. The van der Waals surface area contributed by atoms with Crippen molar-refractivity contribution in [2.45, 2.75) is 13.0 Å². The Morgan fingerprint density at radius 3 is 2.69 bits per heavy atom. The molecule has 0 aliphatic heterocycles. The number of nitrogens with zero attached hydrogens (tertiary/aromatic N) is 1. The molecule has 0 amide bonds. The summed E-state index contributed by atoms with van der Waals surface area (Å²) < 4.78 is 5.13. The van der Waals surface area contributed by atoms with E-state index in [1.165, 1.54) is 0 Å². The first kappa shape index (κ1) is 9.56. The van der Waals surface area contributed by atoms with Gasteiger partial charge in [-0.3, -0.25) is 0 Å². The van der Waals surface area contributed by atoms with Crippen molar-refractivity contribution in [3.05, 3.63) is 29.3 Å². The molecule has 0 bridgehead atoms. The zero-order chi connectivity index (χ0) is 9.84. The van der Waals surface area contributed by atoms with Gasteiger partial charge in [0.25, 0.3) is 0 Å². The van der Waals surface area contributed by atoms with Gasteiger partial charge in [-0.1, -0.05) is 12.1 Å². The lowest BCUT2D eigenvalue weighted by Crippen LogP contribution is -2.07. The molecule has 0 aliphatic carbocycles. The molecule has 0 aromatic heterocycles. The standard InChI is InChI=1S/C10H12N2O/c1-7(12)9-5-3-4-8(6-11)10(9)13-2/h3-5,7H,12H2,1-2H3. The Morgan fingerprint density at radius 1 is 1.54 bits per heavy atom. The van der Waals surface area contributed by atoms with Gasteiger partial charge in [-0.2, -0.15) is 5.26 Å². The number of nitrogens with two attached hydrogens (primary N) is 1. The maximum Gasteiger partial charge on any atom is 0.141 e. The SMILES string of the molecule is COc1c(C#N)cccc1C(C)N. The zero-order valence-electron chi connectivity index (χ0n) is 7.74. The van der Waals surface area contributed by atoms with Gasteiger partial charge < -0.3 is 10.5 Å². The van der Waals surface area contributed by atoms with Crippen LogP contribution in [0.1, 0.15) is 24.1 Å². The van der Waals surface area contributed by atoms with Gasteiger partial charge in [0.15, 0.2) is 0 Å². The van der Waals surface area contributed by atoms with Crippen molar-refractivity contribution in [3.63, 3.8) is 0 Å². The first-order chi connectivity index (χ1) is 6.20. The minimum absolute atomic E-state index is 0.122. The third kappa shape index (κ3) is 1.79. The number of ether oxygens (including phenoxy) is 1. The third-order valence-electron chi connectivity index (χ3n) is 1.86. The first-order valence-electron chi connectivity index (χ1n) is 4.03. The summed E-state index contributed by atoms with van der Waals surface area (Å²) in [6.07, 6.45) is 0. The van der Waals surface area contributed by atoms with E-state index in [4.69, 9.17) is 15.7 Å². The summed E-state index contributed by atoms with van der Waals surface area (Å²) in [5.74, 6) is 0.583. The van der Waals surface area contributed by atoms with Crippen LogP contribution in [0.4, 0.5) is 0 Å². The van der Waals surface area contributed by atoms with Crippen LogP contribution in [-0.2, 0) is 0 Å². The maximum atomic E-state index is 8.78. The van der Waals surface area contributed by atoms with Crippen molar-refractivity contribution in [2.24, 2.45) is 5.73 Å². The molecule has 3 nitrogen and oxygen atoms in total. The van der Waals surface area contributed by atoms with E-state index in [9.17, 15) is 0 Å². The van der Waals surface area contributed by atoms with Crippen molar-refractivity contribution >= 4 is 0 Å². The van der Waals surface area contributed by atoms with E-state index >= 15 is 0 Å². The molecule has 68 valence electrons. The van der Waals surface area contributed by atoms with Gasteiger partial charge in [0.2, 0.25) is 0 Å². The Morgan fingerprint density at radius 2 is 2.23 bits per heavy atom. The van der Waals surface area contributed by atoms with Crippen LogP contribution in [0.5, 0.6) is 5.75 Å². The fourth-order valence-electron chi connectivity index (χ4n) is 1.23. The van der Waals surface area contributed by atoms with Crippen LogP contribution in [0.3, 0.4) is 0 Å². The summed E-state index contributed by atoms with van der Waals surface area (Å²) in [4.78, 5) is 0. The molecule has 1 aromatic rings. The number of methoxy groups -OCH3 is 1. The number of hydrogen-bond donors (Lipinski definition) is 1. The van der Waals surface area contributed by atoms with Gasteiger partial charge in [0, 0.05) is 11.6 Å². The lowest BCUT2D eigenvalue weighted by molar-refractivity contribution is 0.405.